The number of aliphatic hydroxyl groups is 1. The standard InChI is InChI=1S/C26H32N2O2/c1-26(2,30)16-15-22-11-6-13-23(19-22)25(29)27-24-14-8-18-28(20-24)17-7-12-21-9-4-3-5-10-21/h3-6,9-11,13,19,24,30H,7-8,12,14,17-18,20H2,1-2H3,(H,27,29)/t24-/m1/s1. The molecule has 2 N–H and O–H groups in total. The van der Waals surface area contributed by atoms with E-state index >= 15 is 0 Å². The van der Waals surface area contributed by atoms with Crippen LogP contribution in [0.25, 0.3) is 0 Å². The van der Waals surface area contributed by atoms with Crippen molar-refractivity contribution in [2.45, 2.75) is 51.2 Å². The first kappa shape index (κ1) is 22.1. The van der Waals surface area contributed by atoms with Crippen LogP contribution in [0.3, 0.4) is 0 Å². The van der Waals surface area contributed by atoms with Gasteiger partial charge in [-0.3, -0.25) is 4.79 Å². The van der Waals surface area contributed by atoms with Gasteiger partial charge in [-0.1, -0.05) is 48.2 Å². The SMILES string of the molecule is CC(C)(O)C#Cc1cccc(C(=O)N[C@@H]2CCCN(CCCc3ccccc3)C2)c1. The van der Waals surface area contributed by atoms with Crippen molar-refractivity contribution in [1.29, 1.82) is 0 Å². The molecule has 1 fully saturated rings. The molecule has 0 aromatic heterocycles. The molecule has 3 rings (SSSR count). The van der Waals surface area contributed by atoms with Gasteiger partial charge in [-0.15, -0.1) is 0 Å². The van der Waals surface area contributed by atoms with Gasteiger partial charge in [0.1, 0.15) is 5.60 Å². The summed E-state index contributed by atoms with van der Waals surface area (Å²) < 4.78 is 0. The lowest BCUT2D eigenvalue weighted by Crippen LogP contribution is -2.47. The summed E-state index contributed by atoms with van der Waals surface area (Å²) in [7, 11) is 0. The first-order valence-corrected chi connectivity index (χ1v) is 10.8. The Morgan fingerprint density at radius 1 is 1.20 bits per heavy atom. The summed E-state index contributed by atoms with van der Waals surface area (Å²) in [6, 6.07) is 18.1. The Bertz CT molecular complexity index is 890. The predicted octanol–water partition coefficient (Wildman–Crippen LogP) is 3.64. The summed E-state index contributed by atoms with van der Waals surface area (Å²) in [4.78, 5) is 15.2. The van der Waals surface area contributed by atoms with Crippen LogP contribution < -0.4 is 5.32 Å². The van der Waals surface area contributed by atoms with Crippen molar-refractivity contribution >= 4 is 5.91 Å². The van der Waals surface area contributed by atoms with Gasteiger partial charge in [-0.25, -0.2) is 0 Å². The minimum absolute atomic E-state index is 0.0574. The van der Waals surface area contributed by atoms with E-state index in [1.807, 2.05) is 18.2 Å². The molecule has 2 aromatic carbocycles. The zero-order valence-corrected chi connectivity index (χ0v) is 18.0. The van der Waals surface area contributed by atoms with Crippen molar-refractivity contribution in [3.63, 3.8) is 0 Å². The summed E-state index contributed by atoms with van der Waals surface area (Å²) in [6.07, 6.45) is 4.34. The van der Waals surface area contributed by atoms with Gasteiger partial charge in [-0.2, -0.15) is 0 Å². The second kappa shape index (κ2) is 10.4. The van der Waals surface area contributed by atoms with Crippen LogP contribution >= 0.6 is 0 Å². The fraction of sp³-hybridized carbons (Fsp3) is 0.423. The highest BCUT2D eigenvalue weighted by atomic mass is 16.3. The first-order chi connectivity index (χ1) is 14.4. The van der Waals surface area contributed by atoms with Crippen molar-refractivity contribution in [2.24, 2.45) is 0 Å². The van der Waals surface area contributed by atoms with Gasteiger partial charge >= 0.3 is 0 Å². The summed E-state index contributed by atoms with van der Waals surface area (Å²) in [5.74, 6) is 5.67. The first-order valence-electron chi connectivity index (χ1n) is 10.8. The summed E-state index contributed by atoms with van der Waals surface area (Å²) >= 11 is 0. The molecule has 1 aliphatic heterocycles. The third-order valence-corrected chi connectivity index (χ3v) is 5.26. The molecule has 0 spiro atoms. The van der Waals surface area contributed by atoms with Crippen LogP contribution in [-0.2, 0) is 6.42 Å². The van der Waals surface area contributed by atoms with Crippen LogP contribution in [0.4, 0.5) is 0 Å². The Morgan fingerprint density at radius 3 is 2.77 bits per heavy atom. The van der Waals surface area contributed by atoms with Crippen LogP contribution in [0, 0.1) is 11.8 Å². The topological polar surface area (TPSA) is 52.6 Å². The van der Waals surface area contributed by atoms with E-state index in [0.29, 0.717) is 5.56 Å². The van der Waals surface area contributed by atoms with Crippen molar-refractivity contribution < 1.29 is 9.90 Å². The highest BCUT2D eigenvalue weighted by molar-refractivity contribution is 5.94. The molecule has 158 valence electrons. The number of aryl methyl sites for hydroxylation is 1. The average molecular weight is 405 g/mol. The maximum atomic E-state index is 12.7. The van der Waals surface area contributed by atoms with Crippen LogP contribution in [0.1, 0.15) is 54.6 Å². The maximum absolute atomic E-state index is 12.7. The zero-order valence-electron chi connectivity index (χ0n) is 18.0. The van der Waals surface area contributed by atoms with E-state index in [2.05, 4.69) is 52.4 Å². The van der Waals surface area contributed by atoms with E-state index in [-0.39, 0.29) is 11.9 Å². The summed E-state index contributed by atoms with van der Waals surface area (Å²) in [6.45, 7) is 6.35. The van der Waals surface area contributed by atoms with Gasteiger partial charge in [0.15, 0.2) is 0 Å². The number of nitrogens with zero attached hydrogens (tertiary/aromatic N) is 1. The molecule has 30 heavy (non-hydrogen) atoms. The quantitative estimate of drug-likeness (QED) is 0.723. The Hall–Kier alpha value is -2.61. The molecule has 1 atom stereocenters. The van der Waals surface area contributed by atoms with Gasteiger partial charge in [0, 0.05) is 23.7 Å². The number of carbonyl (C=O) groups excluding carboxylic acids is 1. The van der Waals surface area contributed by atoms with Gasteiger partial charge in [0.05, 0.1) is 0 Å². The van der Waals surface area contributed by atoms with E-state index in [4.69, 9.17) is 0 Å². The van der Waals surface area contributed by atoms with Crippen LogP contribution in [0.15, 0.2) is 54.6 Å². The molecule has 1 aliphatic rings. The minimum atomic E-state index is -1.05. The molecule has 0 aliphatic carbocycles. The molecule has 1 amide bonds. The lowest BCUT2D eigenvalue weighted by molar-refractivity contribution is 0.0903. The summed E-state index contributed by atoms with van der Waals surface area (Å²) in [5.41, 5.74) is 1.67. The summed E-state index contributed by atoms with van der Waals surface area (Å²) in [5, 5.41) is 13.0. The molecular weight excluding hydrogens is 372 g/mol. The second-order valence-electron chi connectivity index (χ2n) is 8.59. The van der Waals surface area contributed by atoms with Crippen molar-refractivity contribution in [3.05, 3.63) is 71.3 Å². The van der Waals surface area contributed by atoms with Gasteiger partial charge in [-0.05, 0) is 76.4 Å². The predicted molar refractivity (Wildman–Crippen MR) is 121 cm³/mol. The van der Waals surface area contributed by atoms with E-state index in [0.717, 1.165) is 50.9 Å². The third-order valence-electron chi connectivity index (χ3n) is 5.26. The zero-order chi connectivity index (χ0) is 21.4. The monoisotopic (exact) mass is 404 g/mol. The number of nitrogens with one attached hydrogen (secondary N) is 1. The van der Waals surface area contributed by atoms with E-state index in [9.17, 15) is 9.90 Å². The van der Waals surface area contributed by atoms with Gasteiger partial charge < -0.3 is 15.3 Å². The minimum Gasteiger partial charge on any atom is -0.378 e. The highest BCUT2D eigenvalue weighted by Crippen LogP contribution is 2.13. The number of hydrogen-bond donors (Lipinski definition) is 2. The molecule has 0 saturated carbocycles. The Morgan fingerprint density at radius 2 is 2.00 bits per heavy atom. The fourth-order valence-corrected chi connectivity index (χ4v) is 3.76. The fourth-order valence-electron chi connectivity index (χ4n) is 3.76. The molecule has 4 heteroatoms. The van der Waals surface area contributed by atoms with Crippen molar-refractivity contribution in [3.8, 4) is 11.8 Å². The Balaban J connectivity index is 1.50. The average Bonchev–Trinajstić information content (AvgIpc) is 2.73. The smallest absolute Gasteiger partial charge is 0.251 e. The van der Waals surface area contributed by atoms with Crippen LogP contribution in [-0.4, -0.2) is 47.2 Å². The number of amides is 1. The third kappa shape index (κ3) is 7.33. The number of hydrogen-bond acceptors (Lipinski definition) is 3. The largest absolute Gasteiger partial charge is 0.378 e. The molecule has 0 radical (unpaired) electrons. The van der Waals surface area contributed by atoms with Crippen LogP contribution in [0.2, 0.25) is 0 Å². The Kier molecular flexibility index (Phi) is 7.68. The number of likely N-dealkylation sites (tertiary alicyclic amines) is 1. The van der Waals surface area contributed by atoms with E-state index in [1.165, 1.54) is 5.56 Å². The molecule has 1 saturated heterocycles. The van der Waals surface area contributed by atoms with Gasteiger partial charge in [0.2, 0.25) is 0 Å². The molecular formula is C26H32N2O2. The number of piperidine rings is 1. The molecule has 0 unspecified atom stereocenters. The molecule has 0 bridgehead atoms. The highest BCUT2D eigenvalue weighted by Gasteiger charge is 2.21. The lowest BCUT2D eigenvalue weighted by atomic mass is 10.0. The second-order valence-corrected chi connectivity index (χ2v) is 8.59. The van der Waals surface area contributed by atoms with Crippen molar-refractivity contribution in [2.75, 3.05) is 19.6 Å². The van der Waals surface area contributed by atoms with E-state index < -0.39 is 5.60 Å². The number of rotatable bonds is 6. The van der Waals surface area contributed by atoms with Crippen LogP contribution in [0.5, 0.6) is 0 Å². The molecule has 2 aromatic rings. The Labute approximate surface area is 180 Å². The number of carbonyl (C=O) groups is 1. The molecule has 4 nitrogen and oxygen atoms in total. The number of benzene rings is 2. The maximum Gasteiger partial charge on any atom is 0.251 e. The lowest BCUT2D eigenvalue weighted by Gasteiger charge is -2.33. The molecule has 1 heterocycles. The normalized spacial score (nSPS) is 17.1. The van der Waals surface area contributed by atoms with Crippen molar-refractivity contribution in [1.82, 2.24) is 10.2 Å². The van der Waals surface area contributed by atoms with Gasteiger partial charge in [0.25, 0.3) is 5.91 Å². The van der Waals surface area contributed by atoms with E-state index in [1.54, 1.807) is 19.9 Å².